The summed E-state index contributed by atoms with van der Waals surface area (Å²) in [6.45, 7) is 0. The van der Waals surface area contributed by atoms with Crippen molar-refractivity contribution in [3.05, 3.63) is 35.9 Å². The number of ether oxygens (including phenoxy) is 1. The average Bonchev–Trinajstić information content (AvgIpc) is 2.74. The summed E-state index contributed by atoms with van der Waals surface area (Å²) in [4.78, 5) is 12.6. The molecule has 4 rings (SSSR count). The number of hydrogen-bond acceptors (Lipinski definition) is 2. The Balaban J connectivity index is 1.80. The normalized spacial score (nSPS) is 44.8. The first kappa shape index (κ1) is 10.7. The molecule has 2 bridgehead atoms. The van der Waals surface area contributed by atoms with Gasteiger partial charge in [0.1, 0.15) is 11.4 Å². The Morgan fingerprint density at radius 3 is 2.61 bits per heavy atom. The number of hydrogen-bond donors (Lipinski definition) is 0. The number of carbonyl (C=O) groups excluding carboxylic acids is 1. The monoisotopic (exact) mass is 242 g/mol. The van der Waals surface area contributed by atoms with Gasteiger partial charge < -0.3 is 4.74 Å². The average molecular weight is 242 g/mol. The summed E-state index contributed by atoms with van der Waals surface area (Å²) in [5.74, 6) is 1.38. The van der Waals surface area contributed by atoms with E-state index < -0.39 is 0 Å². The predicted molar refractivity (Wildman–Crippen MR) is 68.0 cm³/mol. The maximum Gasteiger partial charge on any atom is 0.145 e. The third-order valence-electron chi connectivity index (χ3n) is 5.65. The van der Waals surface area contributed by atoms with E-state index >= 15 is 0 Å². The molecule has 2 nitrogen and oxygen atoms in total. The predicted octanol–water partition coefficient (Wildman–Crippen LogP) is 2.92. The van der Waals surface area contributed by atoms with Crippen LogP contribution in [0.3, 0.4) is 0 Å². The fourth-order valence-electron chi connectivity index (χ4n) is 4.78. The zero-order valence-electron chi connectivity index (χ0n) is 10.7. The summed E-state index contributed by atoms with van der Waals surface area (Å²) in [6, 6.07) is 10.3. The molecule has 0 aromatic heterocycles. The molecule has 2 heteroatoms. The van der Waals surface area contributed by atoms with Gasteiger partial charge in [0.2, 0.25) is 0 Å². The van der Waals surface area contributed by atoms with E-state index in [0.29, 0.717) is 17.6 Å². The van der Waals surface area contributed by atoms with Crippen molar-refractivity contribution in [2.75, 3.05) is 7.11 Å². The van der Waals surface area contributed by atoms with Crippen LogP contribution in [0.1, 0.15) is 31.2 Å². The maximum atomic E-state index is 12.6. The van der Waals surface area contributed by atoms with Crippen LogP contribution in [0, 0.1) is 17.3 Å². The van der Waals surface area contributed by atoms with Crippen molar-refractivity contribution in [2.24, 2.45) is 17.3 Å². The van der Waals surface area contributed by atoms with Gasteiger partial charge in [0.15, 0.2) is 0 Å². The van der Waals surface area contributed by atoms with Crippen molar-refractivity contribution in [1.82, 2.24) is 0 Å². The Kier molecular flexibility index (Phi) is 1.93. The Morgan fingerprint density at radius 1 is 1.22 bits per heavy atom. The summed E-state index contributed by atoms with van der Waals surface area (Å²) in [7, 11) is 1.76. The van der Waals surface area contributed by atoms with E-state index in [9.17, 15) is 4.79 Å². The molecule has 0 saturated heterocycles. The lowest BCUT2D eigenvalue weighted by atomic mass is 9.80. The van der Waals surface area contributed by atoms with E-state index in [-0.39, 0.29) is 11.0 Å². The van der Waals surface area contributed by atoms with Crippen molar-refractivity contribution < 1.29 is 9.53 Å². The van der Waals surface area contributed by atoms with Crippen LogP contribution < -0.4 is 0 Å². The quantitative estimate of drug-likeness (QED) is 0.797. The molecular weight excluding hydrogens is 224 g/mol. The van der Waals surface area contributed by atoms with Crippen LogP contribution >= 0.6 is 0 Å². The molecule has 94 valence electrons. The fourth-order valence-corrected chi connectivity index (χ4v) is 4.78. The molecule has 4 atom stereocenters. The minimum Gasteiger partial charge on any atom is -0.372 e. The zero-order valence-corrected chi connectivity index (χ0v) is 10.7. The van der Waals surface area contributed by atoms with Crippen molar-refractivity contribution in [2.45, 2.75) is 31.3 Å². The Bertz CT molecular complexity index is 509. The van der Waals surface area contributed by atoms with Gasteiger partial charge in [0.05, 0.1) is 5.41 Å². The zero-order chi connectivity index (χ0) is 12.4. The van der Waals surface area contributed by atoms with Crippen LogP contribution in [0.15, 0.2) is 30.3 Å². The van der Waals surface area contributed by atoms with Gasteiger partial charge in [0.25, 0.3) is 0 Å². The molecule has 0 radical (unpaired) electrons. The van der Waals surface area contributed by atoms with E-state index in [4.69, 9.17) is 4.74 Å². The van der Waals surface area contributed by atoms with E-state index in [2.05, 4.69) is 12.1 Å². The molecule has 0 N–H and O–H groups in total. The molecule has 0 heterocycles. The highest BCUT2D eigenvalue weighted by molar-refractivity contribution is 5.95. The number of Topliss-reactive ketones (excluding diaryl/α,β-unsaturated/α-hetero) is 1. The third kappa shape index (κ3) is 0.982. The molecule has 3 saturated carbocycles. The third-order valence-corrected chi connectivity index (χ3v) is 5.65. The Morgan fingerprint density at radius 2 is 2.00 bits per heavy atom. The first-order valence-electron chi connectivity index (χ1n) is 6.89. The molecule has 0 amide bonds. The lowest BCUT2D eigenvalue weighted by Gasteiger charge is -2.27. The summed E-state index contributed by atoms with van der Waals surface area (Å²) in [5, 5.41) is 0. The Labute approximate surface area is 107 Å². The highest BCUT2D eigenvalue weighted by Gasteiger charge is 2.80. The van der Waals surface area contributed by atoms with Gasteiger partial charge in [-0.1, -0.05) is 30.3 Å². The second kappa shape index (κ2) is 3.24. The van der Waals surface area contributed by atoms with E-state index in [1.54, 1.807) is 7.11 Å². The van der Waals surface area contributed by atoms with Crippen LogP contribution in [0.5, 0.6) is 0 Å². The van der Waals surface area contributed by atoms with Crippen LogP contribution in [-0.2, 0) is 15.1 Å². The Hall–Kier alpha value is -1.15. The number of rotatable bonds is 2. The number of benzene rings is 1. The molecule has 1 aromatic rings. The van der Waals surface area contributed by atoms with E-state index in [1.807, 2.05) is 18.2 Å². The lowest BCUT2D eigenvalue weighted by Crippen LogP contribution is -2.33. The minimum absolute atomic E-state index is 0.175. The maximum absolute atomic E-state index is 12.6. The second-order valence-electron chi connectivity index (χ2n) is 6.12. The molecule has 0 aliphatic heterocycles. The molecule has 0 unspecified atom stereocenters. The van der Waals surface area contributed by atoms with Crippen molar-refractivity contribution in [3.8, 4) is 0 Å². The molecule has 1 aromatic carbocycles. The van der Waals surface area contributed by atoms with Gasteiger partial charge in [-0.05, 0) is 37.2 Å². The molecular formula is C16H18O2. The first-order valence-corrected chi connectivity index (χ1v) is 6.89. The van der Waals surface area contributed by atoms with Gasteiger partial charge in [-0.15, -0.1) is 0 Å². The fraction of sp³-hybridized carbons (Fsp3) is 0.562. The molecule has 3 aliphatic rings. The molecule has 3 aliphatic carbocycles. The number of methoxy groups -OCH3 is 1. The molecule has 3 fully saturated rings. The van der Waals surface area contributed by atoms with Crippen molar-refractivity contribution >= 4 is 5.78 Å². The van der Waals surface area contributed by atoms with Gasteiger partial charge in [-0.3, -0.25) is 4.79 Å². The lowest BCUT2D eigenvalue weighted by molar-refractivity contribution is -0.131. The van der Waals surface area contributed by atoms with E-state index in [0.717, 1.165) is 19.3 Å². The SMILES string of the molecule is CO[C@]1(c2ccccc2)C[C@]12C(=O)[C@H]1CC[C@@H]2C1. The van der Waals surface area contributed by atoms with Crippen LogP contribution in [-0.4, -0.2) is 12.9 Å². The highest BCUT2D eigenvalue weighted by Crippen LogP contribution is 2.76. The van der Waals surface area contributed by atoms with Crippen LogP contribution in [0.2, 0.25) is 0 Å². The standard InChI is InChI=1S/C16H18O2/c1-18-16(12-5-3-2-4-6-12)10-15(16)13-8-7-11(9-13)14(15)17/h2-6,11,13H,7-10H2,1H3/t11-,13+,15-,16-/m0/s1. The molecule has 1 spiro atoms. The number of carbonyl (C=O) groups is 1. The van der Waals surface area contributed by atoms with Gasteiger partial charge >= 0.3 is 0 Å². The van der Waals surface area contributed by atoms with Gasteiger partial charge in [0, 0.05) is 13.0 Å². The van der Waals surface area contributed by atoms with Crippen molar-refractivity contribution in [1.29, 1.82) is 0 Å². The topological polar surface area (TPSA) is 26.3 Å². The van der Waals surface area contributed by atoms with Crippen LogP contribution in [0.4, 0.5) is 0 Å². The summed E-state index contributed by atoms with van der Waals surface area (Å²) in [5.41, 5.74) is 0.699. The van der Waals surface area contributed by atoms with Gasteiger partial charge in [-0.2, -0.15) is 0 Å². The smallest absolute Gasteiger partial charge is 0.145 e. The summed E-state index contributed by atoms with van der Waals surface area (Å²) < 4.78 is 5.87. The summed E-state index contributed by atoms with van der Waals surface area (Å²) in [6.07, 6.45) is 4.34. The second-order valence-corrected chi connectivity index (χ2v) is 6.12. The van der Waals surface area contributed by atoms with E-state index in [1.165, 1.54) is 12.0 Å². The number of fused-ring (bicyclic) bond motifs is 3. The van der Waals surface area contributed by atoms with Crippen LogP contribution in [0.25, 0.3) is 0 Å². The largest absolute Gasteiger partial charge is 0.372 e. The minimum atomic E-state index is -0.314. The first-order chi connectivity index (χ1) is 8.74. The van der Waals surface area contributed by atoms with Crippen molar-refractivity contribution in [3.63, 3.8) is 0 Å². The highest BCUT2D eigenvalue weighted by atomic mass is 16.5. The summed E-state index contributed by atoms with van der Waals surface area (Å²) >= 11 is 0. The number of ketones is 1. The van der Waals surface area contributed by atoms with Gasteiger partial charge in [-0.25, -0.2) is 0 Å². The molecule has 18 heavy (non-hydrogen) atoms.